The molecule has 92 valence electrons. The molecule has 2 atom stereocenters. The summed E-state index contributed by atoms with van der Waals surface area (Å²) in [6.07, 6.45) is 1.29. The number of nitrogens with zero attached hydrogens (tertiary/aromatic N) is 1. The molecule has 1 aromatic carbocycles. The Labute approximate surface area is 107 Å². The maximum atomic E-state index is 9.62. The molecule has 1 saturated heterocycles. The normalized spacial score (nSPS) is 22.5. The zero-order chi connectivity index (χ0) is 12.3. The first-order chi connectivity index (χ1) is 8.16. The molecule has 2 rings (SSSR count). The van der Waals surface area contributed by atoms with E-state index in [0.717, 1.165) is 13.0 Å². The summed E-state index contributed by atoms with van der Waals surface area (Å²) in [5.41, 5.74) is 6.89. The first-order valence-corrected chi connectivity index (χ1v) is 6.33. The van der Waals surface area contributed by atoms with Crippen molar-refractivity contribution in [2.24, 2.45) is 5.73 Å². The second kappa shape index (κ2) is 5.58. The van der Waals surface area contributed by atoms with Crippen molar-refractivity contribution in [3.8, 4) is 0 Å². The highest BCUT2D eigenvalue weighted by Crippen LogP contribution is 2.27. The van der Waals surface area contributed by atoms with Crippen molar-refractivity contribution in [1.82, 2.24) is 4.90 Å². The molecule has 1 fully saturated rings. The second-order valence-corrected chi connectivity index (χ2v) is 5.06. The van der Waals surface area contributed by atoms with Crippen LogP contribution in [0.5, 0.6) is 0 Å². The molecule has 17 heavy (non-hydrogen) atoms. The predicted molar refractivity (Wildman–Crippen MR) is 72.8 cm³/mol. The maximum Gasteiger partial charge on any atom is 0.0746 e. The Balaban J connectivity index is 2.16. The number of likely N-dealkylation sites (tertiary alicyclic amines) is 1. The van der Waals surface area contributed by atoms with Crippen LogP contribution in [-0.2, 0) is 0 Å². The number of thiocarbonyl (C=S) groups is 1. The molecule has 0 radical (unpaired) electrons. The number of benzene rings is 1. The molecule has 3 N–H and O–H groups in total. The lowest BCUT2D eigenvalue weighted by Gasteiger charge is -2.27. The SMILES string of the molecule is NC(=S)CC(c1ccccc1)N1CCC(O)C1. The highest BCUT2D eigenvalue weighted by atomic mass is 32.1. The first-order valence-electron chi connectivity index (χ1n) is 5.92. The van der Waals surface area contributed by atoms with Gasteiger partial charge in [0.1, 0.15) is 0 Å². The smallest absolute Gasteiger partial charge is 0.0746 e. The molecule has 1 aliphatic rings. The van der Waals surface area contributed by atoms with Gasteiger partial charge < -0.3 is 10.8 Å². The molecular weight excluding hydrogens is 232 g/mol. The third-order valence-electron chi connectivity index (χ3n) is 3.21. The number of hydrogen-bond donors (Lipinski definition) is 2. The van der Waals surface area contributed by atoms with Crippen LogP contribution >= 0.6 is 12.2 Å². The summed E-state index contributed by atoms with van der Waals surface area (Å²) < 4.78 is 0. The zero-order valence-corrected chi connectivity index (χ0v) is 10.6. The number of hydrogen-bond acceptors (Lipinski definition) is 3. The van der Waals surface area contributed by atoms with Gasteiger partial charge in [-0.2, -0.15) is 0 Å². The van der Waals surface area contributed by atoms with Crippen LogP contribution in [0.2, 0.25) is 0 Å². The standard InChI is InChI=1S/C13H18N2OS/c14-13(17)8-12(10-4-2-1-3-5-10)15-7-6-11(16)9-15/h1-5,11-12,16H,6-9H2,(H2,14,17). The molecule has 0 aliphatic carbocycles. The summed E-state index contributed by atoms with van der Waals surface area (Å²) in [4.78, 5) is 2.79. The van der Waals surface area contributed by atoms with Gasteiger partial charge in [-0.3, -0.25) is 4.90 Å². The van der Waals surface area contributed by atoms with E-state index in [0.29, 0.717) is 18.0 Å². The molecule has 0 saturated carbocycles. The van der Waals surface area contributed by atoms with E-state index < -0.39 is 0 Å². The van der Waals surface area contributed by atoms with Crippen molar-refractivity contribution in [1.29, 1.82) is 0 Å². The summed E-state index contributed by atoms with van der Waals surface area (Å²) >= 11 is 5.03. The summed E-state index contributed by atoms with van der Waals surface area (Å²) in [6, 6.07) is 10.4. The Morgan fingerprint density at radius 1 is 1.47 bits per heavy atom. The number of aliphatic hydroxyl groups is 1. The molecule has 3 nitrogen and oxygen atoms in total. The van der Waals surface area contributed by atoms with Gasteiger partial charge in [0.05, 0.1) is 11.1 Å². The van der Waals surface area contributed by atoms with Crippen molar-refractivity contribution in [2.45, 2.75) is 25.0 Å². The van der Waals surface area contributed by atoms with E-state index in [2.05, 4.69) is 17.0 Å². The average Bonchev–Trinajstić information content (AvgIpc) is 2.73. The van der Waals surface area contributed by atoms with Crippen LogP contribution in [0.25, 0.3) is 0 Å². The molecule has 0 amide bonds. The van der Waals surface area contributed by atoms with E-state index in [1.807, 2.05) is 18.2 Å². The lowest BCUT2D eigenvalue weighted by atomic mass is 10.0. The molecule has 0 bridgehead atoms. The van der Waals surface area contributed by atoms with Crippen molar-refractivity contribution >= 4 is 17.2 Å². The van der Waals surface area contributed by atoms with Gasteiger partial charge in [-0.15, -0.1) is 0 Å². The van der Waals surface area contributed by atoms with Crippen molar-refractivity contribution in [3.63, 3.8) is 0 Å². The van der Waals surface area contributed by atoms with Crippen LogP contribution in [0.3, 0.4) is 0 Å². The fourth-order valence-electron chi connectivity index (χ4n) is 2.37. The molecule has 1 heterocycles. The average molecular weight is 250 g/mol. The van der Waals surface area contributed by atoms with Crippen LogP contribution in [0.15, 0.2) is 30.3 Å². The van der Waals surface area contributed by atoms with E-state index in [9.17, 15) is 5.11 Å². The number of nitrogens with two attached hydrogens (primary N) is 1. The molecule has 0 spiro atoms. The van der Waals surface area contributed by atoms with Crippen LogP contribution < -0.4 is 5.73 Å². The lowest BCUT2D eigenvalue weighted by Crippen LogP contribution is -2.30. The minimum atomic E-state index is -0.215. The van der Waals surface area contributed by atoms with Gasteiger partial charge in [0, 0.05) is 25.6 Å². The van der Waals surface area contributed by atoms with Gasteiger partial charge in [0.2, 0.25) is 0 Å². The summed E-state index contributed by atoms with van der Waals surface area (Å²) in [5.74, 6) is 0. The topological polar surface area (TPSA) is 49.5 Å². The fourth-order valence-corrected chi connectivity index (χ4v) is 2.53. The fraction of sp³-hybridized carbons (Fsp3) is 0.462. The van der Waals surface area contributed by atoms with E-state index >= 15 is 0 Å². The third-order valence-corrected chi connectivity index (χ3v) is 3.38. The molecule has 4 heteroatoms. The van der Waals surface area contributed by atoms with Gasteiger partial charge in [-0.1, -0.05) is 42.5 Å². The lowest BCUT2D eigenvalue weighted by molar-refractivity contribution is 0.160. The first kappa shape index (κ1) is 12.5. The second-order valence-electron chi connectivity index (χ2n) is 4.53. The summed E-state index contributed by atoms with van der Waals surface area (Å²) in [7, 11) is 0. The largest absolute Gasteiger partial charge is 0.393 e. The Morgan fingerprint density at radius 2 is 2.18 bits per heavy atom. The van der Waals surface area contributed by atoms with Crippen molar-refractivity contribution < 1.29 is 5.11 Å². The maximum absolute atomic E-state index is 9.62. The molecular formula is C13H18N2OS. The highest BCUT2D eigenvalue weighted by Gasteiger charge is 2.28. The summed E-state index contributed by atoms with van der Waals surface area (Å²) in [6.45, 7) is 1.62. The van der Waals surface area contributed by atoms with Crippen LogP contribution in [-0.4, -0.2) is 34.2 Å². The van der Waals surface area contributed by atoms with E-state index in [-0.39, 0.29) is 12.1 Å². The molecule has 0 aromatic heterocycles. The van der Waals surface area contributed by atoms with Crippen LogP contribution in [0.1, 0.15) is 24.4 Å². The molecule has 2 unspecified atom stereocenters. The van der Waals surface area contributed by atoms with Crippen LogP contribution in [0.4, 0.5) is 0 Å². The Bertz CT molecular complexity index is 382. The molecule has 1 aliphatic heterocycles. The van der Waals surface area contributed by atoms with E-state index in [1.165, 1.54) is 5.56 Å². The van der Waals surface area contributed by atoms with Gasteiger partial charge in [0.15, 0.2) is 0 Å². The van der Waals surface area contributed by atoms with Gasteiger partial charge in [-0.05, 0) is 12.0 Å². The number of β-amino-alcohol motifs (C(OH)–C–C–N with tert-alkyl or cyclic N) is 1. The summed E-state index contributed by atoms with van der Waals surface area (Å²) in [5, 5.41) is 9.62. The van der Waals surface area contributed by atoms with Gasteiger partial charge >= 0.3 is 0 Å². The molecule has 1 aromatic rings. The zero-order valence-electron chi connectivity index (χ0n) is 9.75. The van der Waals surface area contributed by atoms with E-state index in [4.69, 9.17) is 18.0 Å². The minimum Gasteiger partial charge on any atom is -0.393 e. The quantitative estimate of drug-likeness (QED) is 0.795. The van der Waals surface area contributed by atoms with Gasteiger partial charge in [-0.25, -0.2) is 0 Å². The predicted octanol–water partition coefficient (Wildman–Crippen LogP) is 1.47. The number of aliphatic hydroxyl groups excluding tert-OH is 1. The van der Waals surface area contributed by atoms with Crippen LogP contribution in [0, 0.1) is 0 Å². The Hall–Kier alpha value is -0.970. The Morgan fingerprint density at radius 3 is 2.71 bits per heavy atom. The van der Waals surface area contributed by atoms with Gasteiger partial charge in [0.25, 0.3) is 0 Å². The Kier molecular flexibility index (Phi) is 4.10. The third kappa shape index (κ3) is 3.25. The minimum absolute atomic E-state index is 0.200. The monoisotopic (exact) mass is 250 g/mol. The highest BCUT2D eigenvalue weighted by molar-refractivity contribution is 7.80. The van der Waals surface area contributed by atoms with Crippen molar-refractivity contribution in [2.75, 3.05) is 13.1 Å². The van der Waals surface area contributed by atoms with Crippen molar-refractivity contribution in [3.05, 3.63) is 35.9 Å². The number of rotatable bonds is 4. The van der Waals surface area contributed by atoms with E-state index in [1.54, 1.807) is 0 Å².